The van der Waals surface area contributed by atoms with Gasteiger partial charge in [0.25, 0.3) is 0 Å². The van der Waals surface area contributed by atoms with Crippen LogP contribution in [-0.4, -0.2) is 11.1 Å². The molecule has 36 heavy (non-hydrogen) atoms. The Bertz CT molecular complexity index is 803. The molecule has 202 valence electrons. The molecule has 0 fully saturated rings. The molecule has 0 amide bonds. The average molecular weight is 496 g/mol. The van der Waals surface area contributed by atoms with Gasteiger partial charge in [0.2, 0.25) is 0 Å². The number of carboxylic acid groups (broad SMARTS) is 1. The first-order valence-corrected chi connectivity index (χ1v) is 14.6. The van der Waals surface area contributed by atoms with E-state index in [9.17, 15) is 4.79 Å². The molecule has 0 heterocycles. The maximum absolute atomic E-state index is 10.3. The van der Waals surface area contributed by atoms with Gasteiger partial charge >= 0.3 is 5.97 Å². The molecule has 2 aromatic rings. The van der Waals surface area contributed by atoms with E-state index in [1.165, 1.54) is 100 Å². The topological polar surface area (TPSA) is 63.3 Å². The molecule has 1 unspecified atom stereocenters. The molecule has 1 atom stereocenters. The summed E-state index contributed by atoms with van der Waals surface area (Å²) in [5.41, 5.74) is 11.2. The third-order valence-corrected chi connectivity index (χ3v) is 7.13. The molecule has 3 heteroatoms. The molecule has 0 aliphatic carbocycles. The number of hydrogen-bond acceptors (Lipinski definition) is 2. The van der Waals surface area contributed by atoms with Crippen LogP contribution in [0.25, 0.3) is 0 Å². The lowest BCUT2D eigenvalue weighted by molar-refractivity contribution is -0.137. The van der Waals surface area contributed by atoms with Gasteiger partial charge in [-0.1, -0.05) is 145 Å². The van der Waals surface area contributed by atoms with Gasteiger partial charge < -0.3 is 10.8 Å². The number of rotatable bonds is 18. The predicted octanol–water partition coefficient (Wildman–Crippen LogP) is 9.68. The second-order valence-corrected chi connectivity index (χ2v) is 10.3. The zero-order valence-electron chi connectivity index (χ0n) is 23.4. The van der Waals surface area contributed by atoms with Gasteiger partial charge in [-0.15, -0.1) is 0 Å². The number of aliphatic carboxylic acids is 1. The lowest BCUT2D eigenvalue weighted by Crippen LogP contribution is -2.13. The van der Waals surface area contributed by atoms with E-state index in [2.05, 4.69) is 51.1 Å². The summed E-state index contributed by atoms with van der Waals surface area (Å²) in [4.78, 5) is 10.3. The van der Waals surface area contributed by atoms with Crippen molar-refractivity contribution in [1.29, 1.82) is 0 Å². The summed E-state index contributed by atoms with van der Waals surface area (Å²) < 4.78 is 0. The van der Waals surface area contributed by atoms with Gasteiger partial charge in [-0.2, -0.15) is 0 Å². The Morgan fingerprint density at radius 3 is 1.64 bits per heavy atom. The molecule has 0 aliphatic rings. The van der Waals surface area contributed by atoms with Gasteiger partial charge in [0, 0.05) is 6.42 Å². The molecule has 2 rings (SSSR count). The molecule has 0 aliphatic heterocycles. The van der Waals surface area contributed by atoms with Crippen LogP contribution >= 0.6 is 0 Å². The minimum Gasteiger partial charge on any atom is -0.481 e. The molecule has 3 nitrogen and oxygen atoms in total. The summed E-state index contributed by atoms with van der Waals surface area (Å²) in [5, 5.41) is 8.52. The predicted molar refractivity (Wildman–Crippen MR) is 156 cm³/mol. The molecular weight excluding hydrogens is 442 g/mol. The van der Waals surface area contributed by atoms with Crippen molar-refractivity contribution < 1.29 is 9.90 Å². The van der Waals surface area contributed by atoms with Crippen molar-refractivity contribution in [2.45, 2.75) is 130 Å². The first kappa shape index (κ1) is 31.9. The zero-order valence-corrected chi connectivity index (χ0v) is 23.4. The molecule has 0 bridgehead atoms. The van der Waals surface area contributed by atoms with E-state index in [4.69, 9.17) is 10.8 Å². The summed E-state index contributed by atoms with van der Waals surface area (Å²) >= 11 is 0. The van der Waals surface area contributed by atoms with Gasteiger partial charge in [-0.3, -0.25) is 4.79 Å². The van der Waals surface area contributed by atoms with Crippen molar-refractivity contribution in [3.8, 4) is 0 Å². The normalized spacial score (nSPS) is 11.6. The van der Waals surface area contributed by atoms with E-state index in [0.717, 1.165) is 18.4 Å². The van der Waals surface area contributed by atoms with Gasteiger partial charge in [-0.05, 0) is 42.5 Å². The molecule has 2 aromatic carbocycles. The van der Waals surface area contributed by atoms with Crippen LogP contribution in [0.3, 0.4) is 0 Å². The average Bonchev–Trinajstić information content (AvgIpc) is 2.88. The van der Waals surface area contributed by atoms with Crippen molar-refractivity contribution in [2.24, 2.45) is 5.73 Å². The molecule has 0 saturated carbocycles. The Balaban J connectivity index is 0.000000367. The molecule has 0 saturated heterocycles. The second kappa shape index (κ2) is 21.0. The summed E-state index contributed by atoms with van der Waals surface area (Å²) in [6.07, 6.45) is 20.2. The number of nitrogens with two attached hydrogens (primary N) is 1. The first-order chi connectivity index (χ1) is 17.5. The fourth-order valence-electron chi connectivity index (χ4n) is 4.60. The molecule has 0 radical (unpaired) electrons. The summed E-state index contributed by atoms with van der Waals surface area (Å²) in [6.45, 7) is 6.52. The van der Waals surface area contributed by atoms with E-state index in [-0.39, 0.29) is 6.04 Å². The van der Waals surface area contributed by atoms with Gasteiger partial charge in [-0.25, -0.2) is 0 Å². The van der Waals surface area contributed by atoms with E-state index in [1.54, 1.807) is 0 Å². The smallest absolute Gasteiger partial charge is 0.303 e. The van der Waals surface area contributed by atoms with Crippen molar-refractivity contribution in [2.75, 3.05) is 0 Å². The Morgan fingerprint density at radius 1 is 0.694 bits per heavy atom. The van der Waals surface area contributed by atoms with Gasteiger partial charge in [0.05, 0.1) is 6.04 Å². The monoisotopic (exact) mass is 495 g/mol. The third-order valence-electron chi connectivity index (χ3n) is 7.13. The SMILES string of the molecule is CCCCCCCCCCCCCCCCCC(=O)O.Cc1cccc(C(N)c2ccccc2)c1C. The van der Waals surface area contributed by atoms with Crippen LogP contribution in [0.2, 0.25) is 0 Å². The largest absolute Gasteiger partial charge is 0.481 e. The minimum absolute atomic E-state index is 0.0268. The third kappa shape index (κ3) is 15.1. The minimum atomic E-state index is -0.653. The Labute approximate surface area is 221 Å². The molecule has 0 spiro atoms. The van der Waals surface area contributed by atoms with Crippen LogP contribution in [0.4, 0.5) is 0 Å². The fourth-order valence-corrected chi connectivity index (χ4v) is 4.60. The summed E-state index contributed by atoms with van der Waals surface area (Å²) in [5.74, 6) is -0.653. The number of carbonyl (C=O) groups is 1. The van der Waals surface area contributed by atoms with Crippen LogP contribution in [0.15, 0.2) is 48.5 Å². The maximum atomic E-state index is 10.3. The highest BCUT2D eigenvalue weighted by Crippen LogP contribution is 2.24. The zero-order chi connectivity index (χ0) is 26.4. The highest BCUT2D eigenvalue weighted by atomic mass is 16.4. The Hall–Kier alpha value is -2.13. The molecule has 0 aromatic heterocycles. The van der Waals surface area contributed by atoms with Crippen molar-refractivity contribution in [3.63, 3.8) is 0 Å². The van der Waals surface area contributed by atoms with Crippen LogP contribution in [0, 0.1) is 13.8 Å². The second-order valence-electron chi connectivity index (χ2n) is 10.3. The highest BCUT2D eigenvalue weighted by molar-refractivity contribution is 5.66. The van der Waals surface area contributed by atoms with Crippen LogP contribution in [0.1, 0.15) is 138 Å². The standard InChI is InChI=1S/C18H36O2.C15H17N/c1-2-3-4-5-6-7-8-9-10-11-12-13-14-15-16-17-18(19)20;1-11-7-6-10-14(12(11)2)15(16)13-8-4-3-5-9-13/h2-17H2,1H3,(H,19,20);3-10,15H,16H2,1-2H3. The van der Waals surface area contributed by atoms with Crippen molar-refractivity contribution in [3.05, 3.63) is 70.8 Å². The Kier molecular flexibility index (Phi) is 18.6. The first-order valence-electron chi connectivity index (χ1n) is 14.6. The van der Waals surface area contributed by atoms with Crippen LogP contribution in [0.5, 0.6) is 0 Å². The van der Waals surface area contributed by atoms with Gasteiger partial charge in [0.1, 0.15) is 0 Å². The number of hydrogen-bond donors (Lipinski definition) is 2. The van der Waals surface area contributed by atoms with Crippen LogP contribution in [-0.2, 0) is 4.79 Å². The van der Waals surface area contributed by atoms with Crippen molar-refractivity contribution >= 4 is 5.97 Å². The number of benzene rings is 2. The fraction of sp³-hybridized carbons (Fsp3) is 0.606. The number of carboxylic acids is 1. The lowest BCUT2D eigenvalue weighted by Gasteiger charge is -2.16. The Morgan fingerprint density at radius 2 is 1.17 bits per heavy atom. The number of unbranched alkanes of at least 4 members (excludes halogenated alkanes) is 14. The highest BCUT2D eigenvalue weighted by Gasteiger charge is 2.11. The van der Waals surface area contributed by atoms with Gasteiger partial charge in [0.15, 0.2) is 0 Å². The van der Waals surface area contributed by atoms with E-state index < -0.39 is 5.97 Å². The maximum Gasteiger partial charge on any atom is 0.303 e. The molecule has 3 N–H and O–H groups in total. The summed E-state index contributed by atoms with van der Waals surface area (Å²) in [7, 11) is 0. The quantitative estimate of drug-likeness (QED) is 0.202. The summed E-state index contributed by atoms with van der Waals surface area (Å²) in [6, 6.07) is 16.5. The number of aryl methyl sites for hydroxylation is 1. The lowest BCUT2D eigenvalue weighted by atomic mass is 9.93. The van der Waals surface area contributed by atoms with Crippen molar-refractivity contribution in [1.82, 2.24) is 0 Å². The van der Waals surface area contributed by atoms with E-state index in [1.807, 2.05) is 18.2 Å². The van der Waals surface area contributed by atoms with E-state index >= 15 is 0 Å². The molecular formula is C33H53NO2. The van der Waals surface area contributed by atoms with Crippen LogP contribution < -0.4 is 5.73 Å². The van der Waals surface area contributed by atoms with E-state index in [0.29, 0.717) is 6.42 Å².